The summed E-state index contributed by atoms with van der Waals surface area (Å²) in [6, 6.07) is 14.9. The Labute approximate surface area is 156 Å². The van der Waals surface area contributed by atoms with Gasteiger partial charge in [0.2, 0.25) is 10.0 Å². The van der Waals surface area contributed by atoms with Gasteiger partial charge in [0, 0.05) is 5.69 Å². The number of carboxylic acid groups (broad SMARTS) is 1. The number of carbonyl (C=O) groups is 2. The van der Waals surface area contributed by atoms with Crippen molar-refractivity contribution in [2.24, 2.45) is 0 Å². The van der Waals surface area contributed by atoms with Crippen LogP contribution >= 0.6 is 0 Å². The minimum Gasteiger partial charge on any atom is -0.477 e. The van der Waals surface area contributed by atoms with Gasteiger partial charge in [-0.2, -0.15) is 0 Å². The van der Waals surface area contributed by atoms with Crippen molar-refractivity contribution in [1.29, 1.82) is 0 Å². The molecule has 2 rings (SSSR count). The van der Waals surface area contributed by atoms with E-state index in [1.54, 1.807) is 24.3 Å². The Morgan fingerprint density at radius 1 is 1.07 bits per heavy atom. The van der Waals surface area contributed by atoms with Gasteiger partial charge in [-0.25, -0.2) is 18.0 Å². The molecule has 0 spiro atoms. The number of amides is 1. The summed E-state index contributed by atoms with van der Waals surface area (Å²) in [6.07, 6.45) is 1.35. The van der Waals surface area contributed by atoms with Gasteiger partial charge in [-0.05, 0) is 29.3 Å². The van der Waals surface area contributed by atoms with Gasteiger partial charge in [-0.1, -0.05) is 42.5 Å². The number of hydrogen-bond donors (Lipinski definition) is 3. The topological polar surface area (TPSA) is 122 Å². The molecule has 27 heavy (non-hydrogen) atoms. The molecule has 0 aliphatic carbocycles. The molecule has 0 heterocycles. The van der Waals surface area contributed by atoms with E-state index < -0.39 is 22.1 Å². The fraction of sp³-hybridized carbons (Fsp3) is 0.111. The van der Waals surface area contributed by atoms with E-state index in [1.807, 2.05) is 6.07 Å². The summed E-state index contributed by atoms with van der Waals surface area (Å²) < 4.78 is 29.6. The molecule has 0 aliphatic heterocycles. The van der Waals surface area contributed by atoms with Crippen LogP contribution < -0.4 is 10.0 Å². The van der Waals surface area contributed by atoms with Crippen LogP contribution in [-0.2, 0) is 26.2 Å². The van der Waals surface area contributed by atoms with Gasteiger partial charge in [0.05, 0.1) is 6.26 Å². The highest BCUT2D eigenvalue weighted by molar-refractivity contribution is 7.92. The number of sulfonamides is 1. The van der Waals surface area contributed by atoms with Gasteiger partial charge < -0.3 is 9.84 Å². The lowest BCUT2D eigenvalue weighted by Gasteiger charge is -2.08. The molecule has 9 heteroatoms. The maximum Gasteiger partial charge on any atom is 0.412 e. The lowest BCUT2D eigenvalue weighted by Crippen LogP contribution is -2.27. The van der Waals surface area contributed by atoms with E-state index in [4.69, 9.17) is 4.74 Å². The number of nitrogens with one attached hydrogen (secondary N) is 2. The number of benzene rings is 2. The molecule has 2 aromatic rings. The molecule has 0 saturated heterocycles. The summed E-state index contributed by atoms with van der Waals surface area (Å²) in [5.74, 6) is -1.34. The van der Waals surface area contributed by atoms with E-state index >= 15 is 0 Å². The molecule has 0 unspecified atom stereocenters. The maximum atomic E-state index is 11.8. The zero-order valence-corrected chi connectivity index (χ0v) is 15.2. The van der Waals surface area contributed by atoms with Gasteiger partial charge >= 0.3 is 12.1 Å². The van der Waals surface area contributed by atoms with Crippen LogP contribution in [0.5, 0.6) is 0 Å². The minimum atomic E-state index is -3.40. The van der Waals surface area contributed by atoms with Gasteiger partial charge in [-0.3, -0.25) is 10.0 Å². The summed E-state index contributed by atoms with van der Waals surface area (Å²) in [4.78, 5) is 23.2. The number of aliphatic carboxylic acids is 1. The molecular weight excluding hydrogens is 372 g/mol. The Balaban J connectivity index is 2.03. The molecule has 0 fully saturated rings. The summed E-state index contributed by atoms with van der Waals surface area (Å²) in [6.45, 7) is 0.00539. The normalized spacial score (nSPS) is 11.5. The molecule has 0 aliphatic rings. The molecule has 0 radical (unpaired) electrons. The third kappa shape index (κ3) is 7.20. The molecule has 142 valence electrons. The third-order valence-corrected chi connectivity index (χ3v) is 3.81. The average Bonchev–Trinajstić information content (AvgIpc) is 2.60. The number of ether oxygens (including phenoxy) is 1. The fourth-order valence-corrected chi connectivity index (χ4v) is 2.61. The first-order chi connectivity index (χ1) is 12.7. The van der Waals surface area contributed by atoms with Crippen molar-refractivity contribution in [3.8, 4) is 0 Å². The minimum absolute atomic E-state index is 0.00539. The van der Waals surface area contributed by atoms with Crippen molar-refractivity contribution in [3.05, 3.63) is 71.4 Å². The second-order valence-corrected chi connectivity index (χ2v) is 7.29. The smallest absolute Gasteiger partial charge is 0.412 e. The van der Waals surface area contributed by atoms with E-state index in [0.717, 1.165) is 11.8 Å². The van der Waals surface area contributed by atoms with Crippen molar-refractivity contribution in [3.63, 3.8) is 0 Å². The lowest BCUT2D eigenvalue weighted by molar-refractivity contribution is -0.132. The van der Waals surface area contributed by atoms with Gasteiger partial charge in [0.1, 0.15) is 12.3 Å². The second kappa shape index (κ2) is 8.86. The number of rotatable bonds is 7. The van der Waals surface area contributed by atoms with Crippen molar-refractivity contribution in [1.82, 2.24) is 5.32 Å². The first kappa shape index (κ1) is 20.0. The molecule has 0 saturated carbocycles. The van der Waals surface area contributed by atoms with Crippen molar-refractivity contribution >= 4 is 33.8 Å². The maximum absolute atomic E-state index is 11.8. The number of alkyl carbamates (subject to hydrolysis) is 1. The second-order valence-electron chi connectivity index (χ2n) is 5.55. The Morgan fingerprint density at radius 3 is 2.26 bits per heavy atom. The van der Waals surface area contributed by atoms with Gasteiger partial charge in [0.25, 0.3) is 0 Å². The first-order valence-corrected chi connectivity index (χ1v) is 9.62. The number of hydrogen-bond acceptors (Lipinski definition) is 5. The van der Waals surface area contributed by atoms with E-state index in [2.05, 4.69) is 10.0 Å². The molecule has 2 aromatic carbocycles. The van der Waals surface area contributed by atoms with Crippen LogP contribution in [0.2, 0.25) is 0 Å². The van der Waals surface area contributed by atoms with E-state index in [-0.39, 0.29) is 12.3 Å². The van der Waals surface area contributed by atoms with Crippen molar-refractivity contribution < 1.29 is 27.9 Å². The molecule has 0 aromatic heterocycles. The highest BCUT2D eigenvalue weighted by Crippen LogP contribution is 2.13. The molecule has 8 nitrogen and oxygen atoms in total. The van der Waals surface area contributed by atoms with Crippen LogP contribution in [0.25, 0.3) is 6.08 Å². The molecule has 0 atom stereocenters. The van der Waals surface area contributed by atoms with Gasteiger partial charge in [-0.15, -0.1) is 0 Å². The number of carbonyl (C=O) groups excluding carboxylic acids is 1. The Kier molecular flexibility index (Phi) is 6.56. The quantitative estimate of drug-likeness (QED) is 0.624. The predicted octanol–water partition coefficient (Wildman–Crippen LogP) is 2.41. The largest absolute Gasteiger partial charge is 0.477 e. The van der Waals surface area contributed by atoms with Crippen LogP contribution in [0, 0.1) is 0 Å². The van der Waals surface area contributed by atoms with E-state index in [0.29, 0.717) is 11.3 Å². The molecular formula is C18H18N2O6S. The molecule has 3 N–H and O–H groups in total. The van der Waals surface area contributed by atoms with Crippen LogP contribution in [-0.4, -0.2) is 31.8 Å². The summed E-state index contributed by atoms with van der Waals surface area (Å²) in [7, 11) is -3.40. The summed E-state index contributed by atoms with van der Waals surface area (Å²) in [5.41, 5.74) is 1.18. The molecule has 1 amide bonds. The zero-order chi connectivity index (χ0) is 19.9. The fourth-order valence-electron chi connectivity index (χ4n) is 2.05. The number of carboxylic acids is 1. The number of anilines is 1. The highest BCUT2D eigenvalue weighted by Gasteiger charge is 2.13. The van der Waals surface area contributed by atoms with Gasteiger partial charge in [0.15, 0.2) is 0 Å². The first-order valence-electron chi connectivity index (χ1n) is 7.73. The summed E-state index contributed by atoms with van der Waals surface area (Å²) in [5, 5.41) is 11.4. The highest BCUT2D eigenvalue weighted by atomic mass is 32.2. The third-order valence-electron chi connectivity index (χ3n) is 3.20. The SMILES string of the molecule is CS(=O)(=O)Nc1ccc(/C=C(\NC(=O)OCc2ccccc2)C(=O)O)cc1. The van der Waals surface area contributed by atoms with Crippen LogP contribution in [0.4, 0.5) is 10.5 Å². The lowest BCUT2D eigenvalue weighted by atomic mass is 10.2. The van der Waals surface area contributed by atoms with E-state index in [1.165, 1.54) is 30.3 Å². The van der Waals surface area contributed by atoms with Crippen LogP contribution in [0.3, 0.4) is 0 Å². The van der Waals surface area contributed by atoms with Crippen LogP contribution in [0.15, 0.2) is 60.3 Å². The predicted molar refractivity (Wildman–Crippen MR) is 100 cm³/mol. The monoisotopic (exact) mass is 390 g/mol. The van der Waals surface area contributed by atoms with E-state index in [9.17, 15) is 23.1 Å². The Hall–Kier alpha value is -3.33. The van der Waals surface area contributed by atoms with Crippen molar-refractivity contribution in [2.45, 2.75) is 6.61 Å². The van der Waals surface area contributed by atoms with Crippen molar-refractivity contribution in [2.75, 3.05) is 11.0 Å². The molecule has 0 bridgehead atoms. The standard InChI is InChI=1S/C18H18N2O6S/c1-27(24,25)20-15-9-7-13(8-10-15)11-16(17(21)22)19-18(23)26-12-14-5-3-2-4-6-14/h2-11,20H,12H2,1H3,(H,19,23)(H,21,22)/b16-11-. The Morgan fingerprint density at radius 2 is 1.70 bits per heavy atom. The summed E-state index contributed by atoms with van der Waals surface area (Å²) >= 11 is 0. The average molecular weight is 390 g/mol. The van der Waals surface area contributed by atoms with Crippen LogP contribution in [0.1, 0.15) is 11.1 Å². The zero-order valence-electron chi connectivity index (χ0n) is 14.4. The Bertz CT molecular complexity index is 938.